The summed E-state index contributed by atoms with van der Waals surface area (Å²) >= 11 is 0. The Morgan fingerprint density at radius 3 is 2.16 bits per heavy atom. The molecule has 0 aromatic heterocycles. The minimum Gasteiger partial charge on any atom is -0.497 e. The van der Waals surface area contributed by atoms with Gasteiger partial charge in [-0.3, -0.25) is 9.59 Å². The van der Waals surface area contributed by atoms with E-state index in [0.29, 0.717) is 23.6 Å². The Hall–Kier alpha value is -3.02. The van der Waals surface area contributed by atoms with Gasteiger partial charge in [-0.2, -0.15) is 0 Å². The summed E-state index contributed by atoms with van der Waals surface area (Å²) in [6, 6.07) is 14.7. The van der Waals surface area contributed by atoms with Gasteiger partial charge >= 0.3 is 0 Å². The second-order valence-corrected chi connectivity index (χ2v) is 5.37. The Kier molecular flexibility index (Phi) is 6.83. The van der Waals surface area contributed by atoms with Crippen LogP contribution in [-0.4, -0.2) is 39.1 Å². The first-order chi connectivity index (χ1) is 12.1. The summed E-state index contributed by atoms with van der Waals surface area (Å²) in [6.45, 7) is 0.429. The summed E-state index contributed by atoms with van der Waals surface area (Å²) in [7, 11) is 3.02. The van der Waals surface area contributed by atoms with Crippen LogP contribution in [0.2, 0.25) is 0 Å². The number of carbonyl (C=O) groups excluding carboxylic acids is 2. The third-order valence-corrected chi connectivity index (χ3v) is 3.60. The van der Waals surface area contributed by atoms with E-state index < -0.39 is 0 Å². The van der Waals surface area contributed by atoms with Crippen molar-refractivity contribution in [1.29, 1.82) is 0 Å². The minimum atomic E-state index is -0.365. The van der Waals surface area contributed by atoms with Crippen LogP contribution in [0.3, 0.4) is 0 Å². The fourth-order valence-corrected chi connectivity index (χ4v) is 2.25. The number of benzene rings is 2. The molecule has 0 atom stereocenters. The number of nitrogens with one attached hydrogen (secondary N) is 2. The first-order valence-electron chi connectivity index (χ1n) is 7.94. The molecule has 0 bridgehead atoms. The van der Waals surface area contributed by atoms with Crippen molar-refractivity contribution < 1.29 is 19.1 Å². The lowest BCUT2D eigenvalue weighted by atomic mass is 10.1. The molecular weight excluding hydrogens is 320 g/mol. The van der Waals surface area contributed by atoms with Crippen molar-refractivity contribution in [3.05, 3.63) is 59.7 Å². The fourth-order valence-electron chi connectivity index (χ4n) is 2.25. The zero-order valence-corrected chi connectivity index (χ0v) is 14.4. The molecule has 0 heterocycles. The quantitative estimate of drug-likeness (QED) is 0.767. The third-order valence-electron chi connectivity index (χ3n) is 3.60. The summed E-state index contributed by atoms with van der Waals surface area (Å²) in [5.41, 5.74) is 1.52. The van der Waals surface area contributed by atoms with E-state index >= 15 is 0 Å². The molecule has 0 saturated carbocycles. The Morgan fingerprint density at radius 1 is 0.920 bits per heavy atom. The Labute approximate surface area is 147 Å². The number of ether oxygens (including phenoxy) is 2. The molecule has 0 aliphatic heterocycles. The number of carbonyl (C=O) groups is 2. The molecule has 2 aromatic carbocycles. The highest BCUT2D eigenvalue weighted by molar-refractivity contribution is 5.97. The van der Waals surface area contributed by atoms with Crippen molar-refractivity contribution in [2.45, 2.75) is 6.42 Å². The average Bonchev–Trinajstić information content (AvgIpc) is 2.66. The molecule has 2 amide bonds. The lowest BCUT2D eigenvalue weighted by molar-refractivity contribution is -0.120. The summed E-state index contributed by atoms with van der Waals surface area (Å²) in [6.07, 6.45) is 0.744. The van der Waals surface area contributed by atoms with Crippen LogP contribution in [0.5, 0.6) is 11.5 Å². The summed E-state index contributed by atoms with van der Waals surface area (Å²) < 4.78 is 10.3. The highest BCUT2D eigenvalue weighted by Crippen LogP contribution is 2.22. The maximum absolute atomic E-state index is 12.2. The monoisotopic (exact) mass is 342 g/mol. The standard InChI is InChI=1S/C19H22N2O4/c1-24-16-10-15(11-17(12-16)25-2)19(23)21-13-18(22)20-9-8-14-6-4-3-5-7-14/h3-7,10-12H,8-9,13H2,1-2H3,(H,20,22)(H,21,23). The topological polar surface area (TPSA) is 76.7 Å². The van der Waals surface area contributed by atoms with Crippen molar-refractivity contribution >= 4 is 11.8 Å². The van der Waals surface area contributed by atoms with Crippen LogP contribution in [0, 0.1) is 0 Å². The normalized spacial score (nSPS) is 10.0. The average molecular weight is 342 g/mol. The van der Waals surface area contributed by atoms with Crippen LogP contribution in [0.4, 0.5) is 0 Å². The van der Waals surface area contributed by atoms with Crippen LogP contribution >= 0.6 is 0 Å². The lowest BCUT2D eigenvalue weighted by Crippen LogP contribution is -2.37. The molecule has 0 radical (unpaired) electrons. The predicted molar refractivity (Wildman–Crippen MR) is 95.0 cm³/mol. The Balaban J connectivity index is 1.80. The molecule has 2 N–H and O–H groups in total. The number of hydrogen-bond donors (Lipinski definition) is 2. The maximum atomic E-state index is 12.2. The summed E-state index contributed by atoms with van der Waals surface area (Å²) in [5, 5.41) is 5.37. The molecule has 6 heteroatoms. The maximum Gasteiger partial charge on any atom is 0.251 e. The number of amides is 2. The van der Waals surface area contributed by atoms with E-state index in [0.717, 1.165) is 12.0 Å². The van der Waals surface area contributed by atoms with E-state index in [1.165, 1.54) is 14.2 Å². The zero-order valence-electron chi connectivity index (χ0n) is 14.4. The van der Waals surface area contributed by atoms with Crippen LogP contribution < -0.4 is 20.1 Å². The van der Waals surface area contributed by atoms with Gasteiger partial charge in [-0.1, -0.05) is 30.3 Å². The summed E-state index contributed by atoms with van der Waals surface area (Å²) in [5.74, 6) is 0.420. The molecule has 2 rings (SSSR count). The molecule has 0 unspecified atom stereocenters. The molecule has 0 spiro atoms. The molecule has 132 valence electrons. The van der Waals surface area contributed by atoms with Gasteiger partial charge in [0.15, 0.2) is 0 Å². The van der Waals surface area contributed by atoms with Crippen molar-refractivity contribution in [3.63, 3.8) is 0 Å². The molecular formula is C19H22N2O4. The highest BCUT2D eigenvalue weighted by Gasteiger charge is 2.11. The first-order valence-corrected chi connectivity index (χ1v) is 7.94. The fraction of sp³-hybridized carbons (Fsp3) is 0.263. The predicted octanol–water partition coefficient (Wildman–Crippen LogP) is 1.79. The van der Waals surface area contributed by atoms with Gasteiger partial charge in [-0.25, -0.2) is 0 Å². The van der Waals surface area contributed by atoms with Gasteiger partial charge in [0.1, 0.15) is 11.5 Å². The Bertz CT molecular complexity index is 694. The third kappa shape index (κ3) is 5.84. The second-order valence-electron chi connectivity index (χ2n) is 5.37. The number of hydrogen-bond acceptors (Lipinski definition) is 4. The number of methoxy groups -OCH3 is 2. The van der Waals surface area contributed by atoms with Crippen LogP contribution in [0.1, 0.15) is 15.9 Å². The molecule has 25 heavy (non-hydrogen) atoms. The van der Waals surface area contributed by atoms with Crippen LogP contribution in [0.15, 0.2) is 48.5 Å². The van der Waals surface area contributed by atoms with Gasteiger partial charge in [0.05, 0.1) is 20.8 Å². The van der Waals surface area contributed by atoms with E-state index in [1.807, 2.05) is 30.3 Å². The van der Waals surface area contributed by atoms with E-state index in [1.54, 1.807) is 18.2 Å². The van der Waals surface area contributed by atoms with E-state index in [4.69, 9.17) is 9.47 Å². The largest absolute Gasteiger partial charge is 0.497 e. The molecule has 0 aliphatic carbocycles. The van der Waals surface area contributed by atoms with Crippen molar-refractivity contribution in [2.75, 3.05) is 27.3 Å². The van der Waals surface area contributed by atoms with Gasteiger partial charge in [0.25, 0.3) is 5.91 Å². The second kappa shape index (κ2) is 9.32. The SMILES string of the molecule is COc1cc(OC)cc(C(=O)NCC(=O)NCCc2ccccc2)c1. The van der Waals surface area contributed by atoms with Crippen molar-refractivity contribution in [2.24, 2.45) is 0 Å². The summed E-state index contributed by atoms with van der Waals surface area (Å²) in [4.78, 5) is 24.0. The zero-order chi connectivity index (χ0) is 18.1. The van der Waals surface area contributed by atoms with Crippen LogP contribution in [-0.2, 0) is 11.2 Å². The van der Waals surface area contributed by atoms with Crippen molar-refractivity contribution in [1.82, 2.24) is 10.6 Å². The number of rotatable bonds is 8. The van der Waals surface area contributed by atoms with Gasteiger partial charge in [-0.15, -0.1) is 0 Å². The van der Waals surface area contributed by atoms with Gasteiger partial charge < -0.3 is 20.1 Å². The molecule has 0 saturated heterocycles. The smallest absolute Gasteiger partial charge is 0.251 e. The van der Waals surface area contributed by atoms with Gasteiger partial charge in [0.2, 0.25) is 5.91 Å². The highest BCUT2D eigenvalue weighted by atomic mass is 16.5. The lowest BCUT2D eigenvalue weighted by Gasteiger charge is -2.09. The Morgan fingerprint density at radius 2 is 1.56 bits per heavy atom. The van der Waals surface area contributed by atoms with E-state index in [9.17, 15) is 9.59 Å². The molecule has 2 aromatic rings. The van der Waals surface area contributed by atoms with E-state index in [2.05, 4.69) is 10.6 Å². The molecule has 0 aliphatic rings. The first kappa shape index (κ1) is 18.3. The van der Waals surface area contributed by atoms with E-state index in [-0.39, 0.29) is 18.4 Å². The van der Waals surface area contributed by atoms with Crippen LogP contribution in [0.25, 0.3) is 0 Å². The molecule has 0 fully saturated rings. The van der Waals surface area contributed by atoms with Crippen molar-refractivity contribution in [3.8, 4) is 11.5 Å². The molecule has 6 nitrogen and oxygen atoms in total. The minimum absolute atomic E-state index is 0.0901. The van der Waals surface area contributed by atoms with Gasteiger partial charge in [-0.05, 0) is 24.1 Å². The van der Waals surface area contributed by atoms with Gasteiger partial charge in [0, 0.05) is 18.2 Å².